The molecule has 1 N–H and O–H groups in total. The molecule has 5 nitrogen and oxygen atoms in total. The van der Waals surface area contributed by atoms with E-state index in [-0.39, 0.29) is 0 Å². The predicted octanol–water partition coefficient (Wildman–Crippen LogP) is 2.12. The fourth-order valence-electron chi connectivity index (χ4n) is 2.46. The van der Waals surface area contributed by atoms with Crippen molar-refractivity contribution < 1.29 is 9.59 Å². The van der Waals surface area contributed by atoms with Gasteiger partial charge in [0.25, 0.3) is 0 Å². The second kappa shape index (κ2) is 8.32. The SMILES string of the molecule is CC(CCc1ccccc1)=NNC(=O)C(=O)N1CCCCC1. The Bertz CT molecular complexity index is 534. The lowest BCUT2D eigenvalue weighted by Crippen LogP contribution is -2.44. The summed E-state index contributed by atoms with van der Waals surface area (Å²) in [4.78, 5) is 25.4. The maximum absolute atomic E-state index is 11.9. The monoisotopic (exact) mass is 301 g/mol. The van der Waals surface area contributed by atoms with Gasteiger partial charge in [0, 0.05) is 18.8 Å². The summed E-state index contributed by atoms with van der Waals surface area (Å²) in [5.41, 5.74) is 4.41. The van der Waals surface area contributed by atoms with Crippen LogP contribution < -0.4 is 5.43 Å². The Hall–Kier alpha value is -2.17. The number of rotatable bonds is 4. The average molecular weight is 301 g/mol. The molecule has 0 atom stereocenters. The molecule has 22 heavy (non-hydrogen) atoms. The first kappa shape index (κ1) is 16.2. The van der Waals surface area contributed by atoms with Crippen molar-refractivity contribution in [3.05, 3.63) is 35.9 Å². The van der Waals surface area contributed by atoms with E-state index in [2.05, 4.69) is 22.7 Å². The molecule has 1 fully saturated rings. The molecule has 118 valence electrons. The Morgan fingerprint density at radius 3 is 2.50 bits per heavy atom. The van der Waals surface area contributed by atoms with Gasteiger partial charge in [0.15, 0.2) is 0 Å². The van der Waals surface area contributed by atoms with Crippen LogP contribution in [0.15, 0.2) is 35.4 Å². The molecule has 0 saturated carbocycles. The second-order valence-corrected chi connectivity index (χ2v) is 5.63. The van der Waals surface area contributed by atoms with Crippen LogP contribution in [0.25, 0.3) is 0 Å². The van der Waals surface area contributed by atoms with Gasteiger partial charge in [-0.25, -0.2) is 5.43 Å². The van der Waals surface area contributed by atoms with Crippen molar-refractivity contribution >= 4 is 17.5 Å². The summed E-state index contributed by atoms with van der Waals surface area (Å²) in [5, 5.41) is 4.02. The van der Waals surface area contributed by atoms with Crippen LogP contribution in [-0.4, -0.2) is 35.5 Å². The number of hydrogen-bond donors (Lipinski definition) is 1. The molecule has 0 spiro atoms. The van der Waals surface area contributed by atoms with Gasteiger partial charge in [0.05, 0.1) is 0 Å². The molecule has 2 amide bonds. The normalized spacial score (nSPS) is 15.5. The number of benzene rings is 1. The first-order valence-electron chi connectivity index (χ1n) is 7.83. The summed E-state index contributed by atoms with van der Waals surface area (Å²) in [6.45, 7) is 3.19. The number of hydrogen-bond acceptors (Lipinski definition) is 3. The molecule has 0 aromatic heterocycles. The highest BCUT2D eigenvalue weighted by molar-refractivity contribution is 6.35. The number of piperidine rings is 1. The summed E-state index contributed by atoms with van der Waals surface area (Å²) in [6, 6.07) is 10.1. The Morgan fingerprint density at radius 2 is 1.82 bits per heavy atom. The van der Waals surface area contributed by atoms with Crippen LogP contribution >= 0.6 is 0 Å². The molecule has 0 bridgehead atoms. The van der Waals surface area contributed by atoms with Gasteiger partial charge in [0.1, 0.15) is 0 Å². The quantitative estimate of drug-likeness (QED) is 0.526. The van der Waals surface area contributed by atoms with Crippen molar-refractivity contribution in [3.63, 3.8) is 0 Å². The van der Waals surface area contributed by atoms with Crippen molar-refractivity contribution in [2.45, 2.75) is 39.0 Å². The van der Waals surface area contributed by atoms with E-state index in [0.29, 0.717) is 13.1 Å². The molecule has 1 saturated heterocycles. The summed E-state index contributed by atoms with van der Waals surface area (Å²) in [6.07, 6.45) is 4.69. The highest BCUT2D eigenvalue weighted by atomic mass is 16.2. The maximum atomic E-state index is 11.9. The molecule has 0 unspecified atom stereocenters. The molecule has 1 aromatic carbocycles. The fraction of sp³-hybridized carbons (Fsp3) is 0.471. The first-order chi connectivity index (χ1) is 10.7. The van der Waals surface area contributed by atoms with E-state index in [1.54, 1.807) is 4.90 Å². The number of likely N-dealkylation sites (tertiary alicyclic amines) is 1. The zero-order chi connectivity index (χ0) is 15.8. The number of carbonyl (C=O) groups is 2. The lowest BCUT2D eigenvalue weighted by Gasteiger charge is -2.25. The largest absolute Gasteiger partial charge is 0.334 e. The van der Waals surface area contributed by atoms with Crippen LogP contribution in [0.3, 0.4) is 0 Å². The van der Waals surface area contributed by atoms with Crippen molar-refractivity contribution in [1.29, 1.82) is 0 Å². The minimum atomic E-state index is -0.638. The Labute approximate surface area is 131 Å². The number of amides is 2. The van der Waals surface area contributed by atoms with Crippen LogP contribution in [0.1, 0.15) is 38.2 Å². The molecular weight excluding hydrogens is 278 g/mol. The molecule has 1 aliphatic rings. The van der Waals surface area contributed by atoms with E-state index < -0.39 is 11.8 Å². The van der Waals surface area contributed by atoms with Gasteiger partial charge >= 0.3 is 11.8 Å². The first-order valence-corrected chi connectivity index (χ1v) is 7.83. The third-order valence-electron chi connectivity index (χ3n) is 3.80. The van der Waals surface area contributed by atoms with Gasteiger partial charge in [0.2, 0.25) is 0 Å². The molecule has 5 heteroatoms. The average Bonchev–Trinajstić information content (AvgIpc) is 2.58. The van der Waals surface area contributed by atoms with Crippen LogP contribution in [0.2, 0.25) is 0 Å². The number of hydrazone groups is 1. The van der Waals surface area contributed by atoms with Crippen molar-refractivity contribution in [1.82, 2.24) is 10.3 Å². The van der Waals surface area contributed by atoms with E-state index in [4.69, 9.17) is 0 Å². The van der Waals surface area contributed by atoms with Gasteiger partial charge in [-0.3, -0.25) is 9.59 Å². The highest BCUT2D eigenvalue weighted by Gasteiger charge is 2.22. The van der Waals surface area contributed by atoms with E-state index in [9.17, 15) is 9.59 Å². The van der Waals surface area contributed by atoms with Gasteiger partial charge < -0.3 is 4.90 Å². The van der Waals surface area contributed by atoms with Crippen molar-refractivity contribution in [2.75, 3.05) is 13.1 Å². The minimum Gasteiger partial charge on any atom is -0.334 e. The topological polar surface area (TPSA) is 61.8 Å². The maximum Gasteiger partial charge on any atom is 0.329 e. The summed E-state index contributed by atoms with van der Waals surface area (Å²) >= 11 is 0. The summed E-state index contributed by atoms with van der Waals surface area (Å²) in [5.74, 6) is -1.11. The number of nitrogens with zero attached hydrogens (tertiary/aromatic N) is 2. The second-order valence-electron chi connectivity index (χ2n) is 5.63. The fourth-order valence-corrected chi connectivity index (χ4v) is 2.46. The molecule has 0 radical (unpaired) electrons. The van der Waals surface area contributed by atoms with Crippen molar-refractivity contribution in [2.24, 2.45) is 5.10 Å². The summed E-state index contributed by atoms with van der Waals surface area (Å²) in [7, 11) is 0. The van der Waals surface area contributed by atoms with E-state index in [0.717, 1.165) is 37.8 Å². The van der Waals surface area contributed by atoms with Gasteiger partial charge in [-0.05, 0) is 44.6 Å². The zero-order valence-electron chi connectivity index (χ0n) is 13.0. The van der Waals surface area contributed by atoms with Crippen LogP contribution in [-0.2, 0) is 16.0 Å². The lowest BCUT2D eigenvalue weighted by molar-refractivity contribution is -0.146. The Morgan fingerprint density at radius 1 is 1.14 bits per heavy atom. The lowest BCUT2D eigenvalue weighted by atomic mass is 10.1. The molecule has 1 aliphatic heterocycles. The third kappa shape index (κ3) is 4.98. The van der Waals surface area contributed by atoms with E-state index >= 15 is 0 Å². The summed E-state index contributed by atoms with van der Waals surface area (Å²) < 4.78 is 0. The predicted molar refractivity (Wildman–Crippen MR) is 86.4 cm³/mol. The van der Waals surface area contributed by atoms with Crippen LogP contribution in [0.5, 0.6) is 0 Å². The molecule has 1 aromatic rings. The van der Waals surface area contributed by atoms with Gasteiger partial charge in [-0.2, -0.15) is 5.10 Å². The Kier molecular flexibility index (Phi) is 6.13. The van der Waals surface area contributed by atoms with Crippen LogP contribution in [0, 0.1) is 0 Å². The highest BCUT2D eigenvalue weighted by Crippen LogP contribution is 2.08. The molecular formula is C17H23N3O2. The van der Waals surface area contributed by atoms with Crippen LogP contribution in [0.4, 0.5) is 0 Å². The molecule has 2 rings (SSSR count). The van der Waals surface area contributed by atoms with E-state index in [1.807, 2.05) is 25.1 Å². The number of carbonyl (C=O) groups excluding carboxylic acids is 2. The van der Waals surface area contributed by atoms with Crippen molar-refractivity contribution in [3.8, 4) is 0 Å². The zero-order valence-corrected chi connectivity index (χ0v) is 13.0. The minimum absolute atomic E-state index is 0.473. The van der Waals surface area contributed by atoms with Gasteiger partial charge in [-0.15, -0.1) is 0 Å². The van der Waals surface area contributed by atoms with Gasteiger partial charge in [-0.1, -0.05) is 30.3 Å². The number of aryl methyl sites for hydroxylation is 1. The smallest absolute Gasteiger partial charge is 0.329 e. The third-order valence-corrected chi connectivity index (χ3v) is 3.80. The molecule has 0 aliphatic carbocycles. The van der Waals surface area contributed by atoms with E-state index in [1.165, 1.54) is 5.56 Å². The molecule has 1 heterocycles. The standard InChI is InChI=1S/C17H23N3O2/c1-14(10-11-15-8-4-2-5-9-15)18-19-16(21)17(22)20-12-6-3-7-13-20/h2,4-5,8-9H,3,6-7,10-13H2,1H3,(H,19,21). The Balaban J connectivity index is 1.77. The number of nitrogens with one attached hydrogen (secondary N) is 1.